The molecule has 6 aliphatic heterocycles. The maximum absolute atomic E-state index is 9.26. The first kappa shape index (κ1) is 60.5. The van der Waals surface area contributed by atoms with E-state index >= 15 is 0 Å². The molecule has 4 atom stereocenters. The molecular weight excluding hydrogens is 1020 g/mol. The van der Waals surface area contributed by atoms with E-state index in [4.69, 9.17) is 69.3 Å². The number of ether oxygens (including phenoxy) is 3. The summed E-state index contributed by atoms with van der Waals surface area (Å²) in [5, 5.41) is 28.8. The van der Waals surface area contributed by atoms with Crippen LogP contribution in [0.5, 0.6) is 17.5 Å². The predicted molar refractivity (Wildman–Crippen MR) is 293 cm³/mol. The summed E-state index contributed by atoms with van der Waals surface area (Å²) in [5.41, 5.74) is 6.35. The number of halogens is 3. The van der Waals surface area contributed by atoms with Gasteiger partial charge in [-0.25, -0.2) is 9.97 Å². The molecule has 20 heteroatoms. The zero-order valence-electron chi connectivity index (χ0n) is 44.9. The number of likely N-dealkylation sites (tertiary alicyclic amines) is 2. The molecule has 0 spiro atoms. The van der Waals surface area contributed by atoms with E-state index in [2.05, 4.69) is 65.6 Å². The van der Waals surface area contributed by atoms with Crippen molar-refractivity contribution in [2.24, 2.45) is 11.8 Å². The zero-order chi connectivity index (χ0) is 51.4. The normalized spacial score (nSPS) is 21.5. The van der Waals surface area contributed by atoms with Crippen molar-refractivity contribution >= 4 is 46.4 Å². The largest absolute Gasteiger partial charge is 1.00 e. The summed E-state index contributed by atoms with van der Waals surface area (Å²) in [6.07, 6.45) is 10.3. The molecule has 4 fully saturated rings. The summed E-state index contributed by atoms with van der Waals surface area (Å²) < 4.78 is 16.9. The number of benzene rings is 2. The molecule has 0 amide bonds. The molecule has 0 radical (unpaired) electrons. The molecule has 16 nitrogen and oxygen atoms in total. The van der Waals surface area contributed by atoms with Crippen LogP contribution < -0.4 is 53.6 Å². The third-order valence-electron chi connectivity index (χ3n) is 15.3. The van der Waals surface area contributed by atoms with Crippen molar-refractivity contribution in [2.75, 3.05) is 90.6 Å². The van der Waals surface area contributed by atoms with Gasteiger partial charge in [0.15, 0.2) is 0 Å². The topological polar surface area (TPSA) is 166 Å². The van der Waals surface area contributed by atoms with E-state index in [1.807, 2.05) is 36.4 Å². The van der Waals surface area contributed by atoms with Gasteiger partial charge in [0.1, 0.15) is 29.7 Å². The number of likely N-dealkylation sites (N-methyl/N-ethyl adjacent to an activating group) is 2. The number of anilines is 2. The SMILES string of the molecule is C.CN1CCC[C@H]1CO.COc1ccc(Cl)c(CN2Cc3nc(Cl)nc(N4CCC[C@@H](CC#N)C4)c3C2)c1.COc1ccc(Cl)c(CN2Cc3nc(OC[C@@H]4CCCN4C)nc(N4CCC[C@@H](CC#N)C4)c3C2)c1.[H-].[Na+]. The summed E-state index contributed by atoms with van der Waals surface area (Å²) in [7, 11) is 7.54. The van der Waals surface area contributed by atoms with Crippen LogP contribution in [-0.2, 0) is 39.3 Å². The molecule has 0 aliphatic carbocycles. The van der Waals surface area contributed by atoms with E-state index in [9.17, 15) is 5.26 Å². The van der Waals surface area contributed by atoms with Gasteiger partial charge in [-0.3, -0.25) is 9.80 Å². The van der Waals surface area contributed by atoms with Crippen LogP contribution in [0.2, 0.25) is 15.3 Å². The maximum Gasteiger partial charge on any atom is 1.00 e. The number of aliphatic hydroxyl groups excluding tert-OH is 1. The molecule has 10 rings (SSSR count). The van der Waals surface area contributed by atoms with Crippen LogP contribution >= 0.6 is 34.8 Å². The average Bonchev–Trinajstić information content (AvgIpc) is 4.21. The number of nitrogens with zero attached hydrogens (tertiary/aromatic N) is 12. The van der Waals surface area contributed by atoms with Gasteiger partial charge < -0.3 is 40.3 Å². The maximum atomic E-state index is 9.26. The van der Waals surface area contributed by atoms with Crippen LogP contribution in [0.4, 0.5) is 11.6 Å². The van der Waals surface area contributed by atoms with E-state index in [-0.39, 0.29) is 43.7 Å². The smallest absolute Gasteiger partial charge is 1.00 e. The van der Waals surface area contributed by atoms with E-state index < -0.39 is 0 Å². The van der Waals surface area contributed by atoms with Gasteiger partial charge in [-0.2, -0.15) is 20.5 Å². The Kier molecular flexibility index (Phi) is 23.6. The second-order valence-corrected chi connectivity index (χ2v) is 21.5. The Balaban J connectivity index is 0.000000240. The van der Waals surface area contributed by atoms with Crippen LogP contribution in [0.3, 0.4) is 0 Å². The fourth-order valence-electron chi connectivity index (χ4n) is 11.1. The molecule has 75 heavy (non-hydrogen) atoms. The van der Waals surface area contributed by atoms with Crippen LogP contribution in [0.25, 0.3) is 0 Å². The van der Waals surface area contributed by atoms with Crippen molar-refractivity contribution in [1.29, 1.82) is 10.5 Å². The van der Waals surface area contributed by atoms with Crippen molar-refractivity contribution < 1.29 is 50.3 Å². The Morgan fingerprint density at radius 2 is 1.13 bits per heavy atom. The fourth-order valence-corrected chi connectivity index (χ4v) is 11.7. The first-order valence-corrected chi connectivity index (χ1v) is 27.0. The minimum absolute atomic E-state index is 0. The van der Waals surface area contributed by atoms with Gasteiger partial charge in [-0.05, 0) is 150 Å². The Morgan fingerprint density at radius 1 is 0.653 bits per heavy atom. The van der Waals surface area contributed by atoms with Crippen LogP contribution in [0, 0.1) is 34.5 Å². The molecule has 4 aromatic rings. The average molecular weight is 1100 g/mol. The number of methoxy groups -OCH3 is 2. The van der Waals surface area contributed by atoms with E-state index in [0.29, 0.717) is 82.2 Å². The molecule has 2 aromatic heterocycles. The van der Waals surface area contributed by atoms with Gasteiger partial charge in [0.2, 0.25) is 5.28 Å². The van der Waals surface area contributed by atoms with Gasteiger partial charge in [-0.15, -0.1) is 0 Å². The number of fused-ring (bicyclic) bond motifs is 2. The Labute approximate surface area is 484 Å². The number of hydrogen-bond donors (Lipinski definition) is 1. The molecule has 0 unspecified atom stereocenters. The monoisotopic (exact) mass is 1100 g/mol. The molecule has 0 saturated carbocycles. The van der Waals surface area contributed by atoms with E-state index in [1.54, 1.807) is 14.2 Å². The van der Waals surface area contributed by atoms with Crippen LogP contribution in [0.15, 0.2) is 36.4 Å². The first-order chi connectivity index (χ1) is 35.4. The molecule has 8 heterocycles. The second-order valence-electron chi connectivity index (χ2n) is 20.4. The minimum atomic E-state index is 0. The number of hydrogen-bond acceptors (Lipinski definition) is 16. The summed E-state index contributed by atoms with van der Waals surface area (Å²) in [5.74, 6) is 4.24. The molecular formula is C55H76Cl3N12NaO4. The number of rotatable bonds is 14. The molecule has 0 bridgehead atoms. The van der Waals surface area contributed by atoms with Crippen molar-refractivity contribution in [3.05, 3.63) is 85.4 Å². The Hall–Kier alpha value is -3.75. The van der Waals surface area contributed by atoms with Crippen molar-refractivity contribution in [2.45, 2.75) is 123 Å². The van der Waals surface area contributed by atoms with Crippen molar-refractivity contribution in [3.63, 3.8) is 0 Å². The van der Waals surface area contributed by atoms with Gasteiger partial charge in [0.05, 0.1) is 44.4 Å². The summed E-state index contributed by atoms with van der Waals surface area (Å²) in [6.45, 7) is 11.1. The van der Waals surface area contributed by atoms with Gasteiger partial charge in [-0.1, -0.05) is 30.6 Å². The molecule has 2 aromatic carbocycles. The number of aromatic nitrogens is 4. The van der Waals surface area contributed by atoms with Gasteiger partial charge in [0, 0.05) is 112 Å². The molecule has 1 N–H and O–H groups in total. The minimum Gasteiger partial charge on any atom is -1.00 e. The third-order valence-corrected chi connectivity index (χ3v) is 16.2. The van der Waals surface area contributed by atoms with Crippen LogP contribution in [0.1, 0.15) is 107 Å². The van der Waals surface area contributed by atoms with Crippen molar-refractivity contribution in [3.8, 4) is 29.6 Å². The summed E-state index contributed by atoms with van der Waals surface area (Å²) in [6, 6.07) is 17.5. The zero-order valence-corrected chi connectivity index (χ0v) is 48.2. The molecule has 4 saturated heterocycles. The van der Waals surface area contributed by atoms with E-state index in [1.165, 1.54) is 19.3 Å². The van der Waals surface area contributed by atoms with E-state index in [0.717, 1.165) is 151 Å². The van der Waals surface area contributed by atoms with Crippen molar-refractivity contribution in [1.82, 2.24) is 39.5 Å². The first-order valence-electron chi connectivity index (χ1n) is 25.9. The Bertz CT molecular complexity index is 2600. The van der Waals surface area contributed by atoms with Gasteiger partial charge in [0.25, 0.3) is 0 Å². The molecule has 6 aliphatic rings. The predicted octanol–water partition coefficient (Wildman–Crippen LogP) is 6.52. The Morgan fingerprint density at radius 3 is 1.59 bits per heavy atom. The fraction of sp³-hybridized carbons (Fsp3) is 0.600. The second kappa shape index (κ2) is 29.3. The van der Waals surface area contributed by atoms with Crippen LogP contribution in [-0.4, -0.2) is 138 Å². The quantitative estimate of drug-likeness (QED) is 0.107. The third kappa shape index (κ3) is 15.9. The summed E-state index contributed by atoms with van der Waals surface area (Å²) >= 11 is 19.2. The molecule has 402 valence electrons. The number of aliphatic hydroxyl groups is 1. The standard InChI is InChI=1S/C27H35ClN6O2.C21H23Cl2N5O.C6H13NO.CH4.Na.H/c1-32-11-4-6-21(32)18-36-27-30-25-17-33(15-20-13-22(35-2)7-8-24(20)28)16-23(25)26(31-27)34-12-3-5-19(14-34)9-10-29;1-29-16-4-5-18(22)15(9-16)11-27-12-17-19(13-27)25-21(23)26-20(17)28-8-2-3-14(10-28)6-7-24;1-7-4-2-3-6(7)5-8;;;/h7-8,13,19,21H,3-6,9,11-12,14-18H2,1-2H3;4-5,9,14H,2-3,6,8,10-13H2,1H3;6,8H,2-5H2,1H3;1H4;;/q;;;;+1;-1/t19-,21-;14-;6-;;;/m000.../s1. The number of nitriles is 2. The number of piperidine rings is 2. The van der Waals surface area contributed by atoms with Gasteiger partial charge >= 0.3 is 35.6 Å². The summed E-state index contributed by atoms with van der Waals surface area (Å²) in [4.78, 5) is 32.7.